The molecule has 3 heterocycles. The number of hydrogen-bond acceptors (Lipinski definition) is 3. The molecule has 0 saturated carbocycles. The summed E-state index contributed by atoms with van der Waals surface area (Å²) >= 11 is 13.7. The van der Waals surface area contributed by atoms with Gasteiger partial charge in [-0.3, -0.25) is 5.10 Å². The van der Waals surface area contributed by atoms with Gasteiger partial charge in [-0.15, -0.1) is 11.3 Å². The van der Waals surface area contributed by atoms with Crippen LogP contribution in [0.15, 0.2) is 35.7 Å². The first-order valence-electron chi connectivity index (χ1n) is 7.73. The zero-order valence-corrected chi connectivity index (χ0v) is 15.4. The van der Waals surface area contributed by atoms with Gasteiger partial charge in [0.1, 0.15) is 4.34 Å². The lowest BCUT2D eigenvalue weighted by Gasteiger charge is -2.27. The van der Waals surface area contributed by atoms with E-state index in [0.29, 0.717) is 28.1 Å². The second kappa shape index (κ2) is 6.71. The van der Waals surface area contributed by atoms with E-state index in [0.717, 1.165) is 28.9 Å². The lowest BCUT2D eigenvalue weighted by Crippen LogP contribution is -2.38. The lowest BCUT2D eigenvalue weighted by atomic mass is 10.0. The molecule has 0 radical (unpaired) electrons. The molecule has 1 aliphatic heterocycles. The highest BCUT2D eigenvalue weighted by molar-refractivity contribution is 7.15. The summed E-state index contributed by atoms with van der Waals surface area (Å²) < 4.78 is 0.704. The van der Waals surface area contributed by atoms with E-state index in [2.05, 4.69) is 15.5 Å². The van der Waals surface area contributed by atoms with Gasteiger partial charge in [-0.05, 0) is 29.6 Å². The lowest BCUT2D eigenvalue weighted by molar-refractivity contribution is 0.206. The van der Waals surface area contributed by atoms with Crippen molar-refractivity contribution in [3.63, 3.8) is 0 Å². The number of anilines is 1. The number of aromatic nitrogens is 2. The predicted molar refractivity (Wildman–Crippen MR) is 101 cm³/mol. The van der Waals surface area contributed by atoms with Crippen molar-refractivity contribution in [1.82, 2.24) is 15.1 Å². The first-order valence-corrected chi connectivity index (χ1v) is 9.36. The second-order valence-corrected chi connectivity index (χ2v) is 7.70. The van der Waals surface area contributed by atoms with Gasteiger partial charge in [0.05, 0.1) is 12.2 Å². The largest absolute Gasteiger partial charge is 0.322 e. The molecule has 5 nitrogen and oxygen atoms in total. The molecule has 2 amide bonds. The molecule has 0 saturated heterocycles. The fourth-order valence-corrected chi connectivity index (χ4v) is 4.04. The van der Waals surface area contributed by atoms with Crippen LogP contribution in [0.2, 0.25) is 9.36 Å². The summed E-state index contributed by atoms with van der Waals surface area (Å²) in [6.45, 7) is 1.11. The van der Waals surface area contributed by atoms with Crippen LogP contribution in [0.25, 0.3) is 11.3 Å². The van der Waals surface area contributed by atoms with Gasteiger partial charge in [0.15, 0.2) is 0 Å². The number of hydrogen-bond donors (Lipinski definition) is 2. The van der Waals surface area contributed by atoms with Crippen LogP contribution >= 0.6 is 34.5 Å². The summed E-state index contributed by atoms with van der Waals surface area (Å²) in [7, 11) is 0. The summed E-state index contributed by atoms with van der Waals surface area (Å²) in [6.07, 6.45) is 0.729. The number of nitrogens with zero attached hydrogens (tertiary/aromatic N) is 2. The van der Waals surface area contributed by atoms with Crippen LogP contribution in [0.5, 0.6) is 0 Å². The molecule has 2 aromatic heterocycles. The minimum atomic E-state index is -0.156. The maximum Gasteiger partial charge on any atom is 0.322 e. The number of aromatic amines is 1. The fourth-order valence-electron chi connectivity index (χ4n) is 2.92. The summed E-state index contributed by atoms with van der Waals surface area (Å²) in [5.41, 5.74) is 4.48. The van der Waals surface area contributed by atoms with Crippen LogP contribution in [0, 0.1) is 0 Å². The van der Waals surface area contributed by atoms with Crippen LogP contribution < -0.4 is 5.32 Å². The Morgan fingerprint density at radius 1 is 1.32 bits per heavy atom. The van der Waals surface area contributed by atoms with Gasteiger partial charge in [0.2, 0.25) is 0 Å². The van der Waals surface area contributed by atoms with Crippen LogP contribution in [0.1, 0.15) is 11.3 Å². The average Bonchev–Trinajstić information content (AvgIpc) is 3.19. The van der Waals surface area contributed by atoms with Crippen molar-refractivity contribution < 1.29 is 4.79 Å². The van der Waals surface area contributed by atoms with E-state index in [9.17, 15) is 4.79 Å². The minimum absolute atomic E-state index is 0.156. The van der Waals surface area contributed by atoms with Crippen molar-refractivity contribution >= 4 is 46.3 Å². The molecule has 0 aliphatic carbocycles. The number of fused-ring (bicyclic) bond motifs is 1. The minimum Gasteiger partial charge on any atom is -0.320 e. The first kappa shape index (κ1) is 16.4. The Morgan fingerprint density at radius 3 is 2.96 bits per heavy atom. The Hall–Kier alpha value is -2.02. The van der Waals surface area contributed by atoms with Crippen LogP contribution in [0.4, 0.5) is 10.5 Å². The third kappa shape index (κ3) is 3.25. The highest BCUT2D eigenvalue weighted by Gasteiger charge is 2.26. The number of rotatable bonds is 2. The monoisotopic (exact) mass is 392 g/mol. The summed E-state index contributed by atoms with van der Waals surface area (Å²) in [5, 5.41) is 12.9. The van der Waals surface area contributed by atoms with Gasteiger partial charge in [-0.2, -0.15) is 5.10 Å². The van der Waals surface area contributed by atoms with Crippen molar-refractivity contribution in [1.29, 1.82) is 0 Å². The third-order valence-electron chi connectivity index (χ3n) is 4.17. The molecule has 25 heavy (non-hydrogen) atoms. The summed E-state index contributed by atoms with van der Waals surface area (Å²) in [6, 6.07) is 8.91. The Bertz CT molecular complexity index is 936. The molecule has 8 heteroatoms. The number of carbonyl (C=O) groups excluding carboxylic acids is 1. The number of thiophene rings is 1. The third-order valence-corrected chi connectivity index (χ3v) is 5.57. The summed E-state index contributed by atoms with van der Waals surface area (Å²) in [5.74, 6) is 0. The second-order valence-electron chi connectivity index (χ2n) is 5.75. The SMILES string of the molecule is O=C(Nc1cccc(Cl)c1)N1CCc2[nH]nc(-c3ccsc3Cl)c2C1. The van der Waals surface area contributed by atoms with Crippen molar-refractivity contribution in [2.75, 3.05) is 11.9 Å². The molecule has 3 aromatic rings. The van der Waals surface area contributed by atoms with Crippen molar-refractivity contribution in [2.45, 2.75) is 13.0 Å². The molecule has 4 rings (SSSR count). The molecule has 128 valence electrons. The van der Waals surface area contributed by atoms with Gasteiger partial charge in [0.25, 0.3) is 0 Å². The number of H-pyrrole nitrogens is 1. The summed E-state index contributed by atoms with van der Waals surface area (Å²) in [4.78, 5) is 14.4. The standard InChI is InChI=1S/C17H14Cl2N4OS/c18-10-2-1-3-11(8-10)20-17(24)23-6-4-14-13(9-23)15(22-21-14)12-5-7-25-16(12)19/h1-3,5,7-8H,4,6,9H2,(H,20,24)(H,21,22). The Morgan fingerprint density at radius 2 is 2.20 bits per heavy atom. The number of benzene rings is 1. The number of nitrogens with one attached hydrogen (secondary N) is 2. The zero-order chi connectivity index (χ0) is 17.4. The maximum absolute atomic E-state index is 12.6. The van der Waals surface area contributed by atoms with E-state index in [1.807, 2.05) is 17.5 Å². The van der Waals surface area contributed by atoms with Gasteiger partial charge < -0.3 is 10.2 Å². The smallest absolute Gasteiger partial charge is 0.320 e. The molecule has 0 spiro atoms. The predicted octanol–water partition coefficient (Wildman–Crippen LogP) is 5.04. The highest BCUT2D eigenvalue weighted by atomic mass is 35.5. The van der Waals surface area contributed by atoms with Crippen molar-refractivity contribution in [3.05, 3.63) is 56.3 Å². The van der Waals surface area contributed by atoms with Crippen molar-refractivity contribution in [2.24, 2.45) is 0 Å². The maximum atomic E-state index is 12.6. The van der Waals surface area contributed by atoms with E-state index < -0.39 is 0 Å². The molecule has 0 atom stereocenters. The molecule has 0 fully saturated rings. The zero-order valence-electron chi connectivity index (χ0n) is 13.1. The Balaban J connectivity index is 1.55. The van der Waals surface area contributed by atoms with Crippen LogP contribution in [-0.2, 0) is 13.0 Å². The number of halogens is 2. The Labute approximate surface area is 158 Å². The normalized spacial score (nSPS) is 13.6. The molecule has 0 unspecified atom stereocenters. The van der Waals surface area contributed by atoms with Gasteiger partial charge in [0, 0.05) is 40.5 Å². The number of amides is 2. The highest BCUT2D eigenvalue weighted by Crippen LogP contribution is 2.36. The Kier molecular flexibility index (Phi) is 4.41. The average molecular weight is 393 g/mol. The van der Waals surface area contributed by atoms with Crippen LogP contribution in [-0.4, -0.2) is 27.7 Å². The molecular weight excluding hydrogens is 379 g/mol. The van der Waals surface area contributed by atoms with Gasteiger partial charge in [-0.1, -0.05) is 29.3 Å². The van der Waals surface area contributed by atoms with Crippen LogP contribution in [0.3, 0.4) is 0 Å². The topological polar surface area (TPSA) is 61.0 Å². The van der Waals surface area contributed by atoms with E-state index in [1.165, 1.54) is 11.3 Å². The van der Waals surface area contributed by atoms with E-state index >= 15 is 0 Å². The van der Waals surface area contributed by atoms with E-state index in [-0.39, 0.29) is 6.03 Å². The first-order chi connectivity index (χ1) is 12.1. The molecule has 0 bridgehead atoms. The molecule has 2 N–H and O–H groups in total. The molecule has 1 aromatic carbocycles. The van der Waals surface area contributed by atoms with Crippen molar-refractivity contribution in [3.8, 4) is 11.3 Å². The molecular formula is C17H14Cl2N4OS. The number of carbonyl (C=O) groups is 1. The number of urea groups is 1. The van der Waals surface area contributed by atoms with E-state index in [1.54, 1.807) is 23.1 Å². The van der Waals surface area contributed by atoms with E-state index in [4.69, 9.17) is 23.2 Å². The van der Waals surface area contributed by atoms with Gasteiger partial charge in [-0.25, -0.2) is 4.79 Å². The molecule has 1 aliphatic rings. The fraction of sp³-hybridized carbons (Fsp3) is 0.176. The van der Waals surface area contributed by atoms with Gasteiger partial charge >= 0.3 is 6.03 Å². The quantitative estimate of drug-likeness (QED) is 0.641.